The zero-order valence-electron chi connectivity index (χ0n) is 18.6. The second-order valence-electron chi connectivity index (χ2n) is 8.32. The first-order chi connectivity index (χ1) is 16.7. The first-order valence-corrected chi connectivity index (χ1v) is 11.3. The highest BCUT2D eigenvalue weighted by Crippen LogP contribution is 2.27. The number of aromatic nitrogens is 4. The van der Waals surface area contributed by atoms with E-state index in [4.69, 9.17) is 15.5 Å². The lowest BCUT2D eigenvalue weighted by molar-refractivity contribution is 0.122. The van der Waals surface area contributed by atoms with Gasteiger partial charge in [0.1, 0.15) is 5.82 Å². The molecule has 1 aliphatic carbocycles. The van der Waals surface area contributed by atoms with Crippen molar-refractivity contribution in [2.45, 2.75) is 12.7 Å². The third-order valence-corrected chi connectivity index (χ3v) is 5.94. The second kappa shape index (κ2) is 8.73. The summed E-state index contributed by atoms with van der Waals surface area (Å²) in [5.41, 5.74) is 11.4. The molecule has 10 nitrogen and oxygen atoms in total. The lowest BCUT2D eigenvalue weighted by Gasteiger charge is -2.27. The molecule has 2 bridgehead atoms. The number of hydrogen-bond donors (Lipinski definition) is 3. The number of pyridine rings is 1. The maximum absolute atomic E-state index is 5.94. The molecule has 5 heterocycles. The molecule has 1 fully saturated rings. The number of nitrogens with two attached hydrogens (primary N) is 1. The van der Waals surface area contributed by atoms with Crippen LogP contribution >= 0.6 is 0 Å². The number of rotatable bonds is 4. The number of nitrogens with zero attached hydrogens (tertiary/aromatic N) is 6. The minimum absolute atomic E-state index is 0.424. The van der Waals surface area contributed by atoms with Crippen molar-refractivity contribution >= 4 is 34.3 Å². The number of nitrogens with one attached hydrogen (secondary N) is 2. The fourth-order valence-corrected chi connectivity index (χ4v) is 4.23. The van der Waals surface area contributed by atoms with E-state index < -0.39 is 6.29 Å². The number of morpholine rings is 1. The van der Waals surface area contributed by atoms with Crippen molar-refractivity contribution in [1.29, 1.82) is 0 Å². The van der Waals surface area contributed by atoms with Crippen LogP contribution in [0, 0.1) is 0 Å². The minimum atomic E-state index is -0.424. The molecular weight excluding hydrogens is 430 g/mol. The van der Waals surface area contributed by atoms with E-state index in [1.807, 2.05) is 53.5 Å². The molecule has 0 saturated carbocycles. The van der Waals surface area contributed by atoms with Crippen LogP contribution in [-0.2, 0) is 4.74 Å². The Balaban J connectivity index is 1.31. The third-order valence-electron chi connectivity index (χ3n) is 5.94. The molecule has 0 radical (unpaired) electrons. The Hall–Kier alpha value is -4.02. The zero-order valence-corrected chi connectivity index (χ0v) is 18.6. The topological polar surface area (TPSA) is 118 Å². The minimum Gasteiger partial charge on any atom is -0.378 e. The van der Waals surface area contributed by atoms with E-state index in [1.165, 1.54) is 0 Å². The predicted octanol–water partition coefficient (Wildman–Crippen LogP) is 2.22. The van der Waals surface area contributed by atoms with E-state index in [1.54, 1.807) is 6.20 Å². The lowest BCUT2D eigenvalue weighted by Crippen LogP contribution is -2.36. The van der Waals surface area contributed by atoms with E-state index in [-0.39, 0.29) is 0 Å². The van der Waals surface area contributed by atoms with Gasteiger partial charge in [0.25, 0.3) is 0 Å². The molecule has 1 atom stereocenters. The van der Waals surface area contributed by atoms with Crippen LogP contribution in [0.15, 0.2) is 71.9 Å². The Morgan fingerprint density at radius 2 is 2.06 bits per heavy atom. The Labute approximate surface area is 196 Å². The fourth-order valence-electron chi connectivity index (χ4n) is 4.23. The summed E-state index contributed by atoms with van der Waals surface area (Å²) in [5.74, 6) is 1.61. The average Bonchev–Trinajstić information content (AvgIpc) is 3.16. The zero-order chi connectivity index (χ0) is 22.9. The Bertz CT molecular complexity index is 1330. The van der Waals surface area contributed by atoms with Crippen LogP contribution < -0.4 is 21.3 Å². The SMILES string of the molecule is NC1N=C2C=CC(c3cn4ccnc4c(Nc4ccc(N5CCOCC5)nc4)n3)=CC(=CN1)C2. The van der Waals surface area contributed by atoms with Crippen molar-refractivity contribution in [2.24, 2.45) is 10.7 Å². The molecule has 34 heavy (non-hydrogen) atoms. The summed E-state index contributed by atoms with van der Waals surface area (Å²) in [6, 6.07) is 4.03. The van der Waals surface area contributed by atoms with E-state index in [0.29, 0.717) is 5.82 Å². The largest absolute Gasteiger partial charge is 0.378 e. The van der Waals surface area contributed by atoms with Crippen LogP contribution in [0.2, 0.25) is 0 Å². The van der Waals surface area contributed by atoms with Crippen LogP contribution in [0.1, 0.15) is 12.1 Å². The van der Waals surface area contributed by atoms with Gasteiger partial charge in [-0.2, -0.15) is 0 Å². The summed E-state index contributed by atoms with van der Waals surface area (Å²) in [6.07, 6.45) is 15.9. The van der Waals surface area contributed by atoms with E-state index in [0.717, 1.165) is 72.4 Å². The van der Waals surface area contributed by atoms with Crippen LogP contribution in [0.5, 0.6) is 0 Å². The highest BCUT2D eigenvalue weighted by molar-refractivity contribution is 6.01. The Morgan fingerprint density at radius 1 is 1.15 bits per heavy atom. The molecule has 1 unspecified atom stereocenters. The van der Waals surface area contributed by atoms with Gasteiger partial charge in [-0.05, 0) is 29.9 Å². The molecule has 3 aliphatic rings. The summed E-state index contributed by atoms with van der Waals surface area (Å²) >= 11 is 0. The van der Waals surface area contributed by atoms with E-state index >= 15 is 0 Å². The van der Waals surface area contributed by atoms with Gasteiger partial charge in [-0.15, -0.1) is 0 Å². The van der Waals surface area contributed by atoms with Gasteiger partial charge < -0.3 is 24.7 Å². The van der Waals surface area contributed by atoms with Crippen molar-refractivity contribution in [3.8, 4) is 0 Å². The fraction of sp³-hybridized carbons (Fsp3) is 0.250. The number of allylic oxidation sites excluding steroid dienone is 5. The molecular formula is C24H25N9O. The summed E-state index contributed by atoms with van der Waals surface area (Å²) in [4.78, 5) is 20.8. The van der Waals surface area contributed by atoms with Gasteiger partial charge >= 0.3 is 0 Å². The van der Waals surface area contributed by atoms with Gasteiger partial charge in [-0.1, -0.05) is 6.08 Å². The molecule has 2 aliphatic heterocycles. The maximum atomic E-state index is 5.94. The number of hydrogen-bond acceptors (Lipinski definition) is 9. The summed E-state index contributed by atoms with van der Waals surface area (Å²) in [6.45, 7) is 3.16. The van der Waals surface area contributed by atoms with Crippen LogP contribution in [-0.4, -0.2) is 57.7 Å². The first kappa shape index (κ1) is 20.6. The van der Waals surface area contributed by atoms with Gasteiger partial charge in [0, 0.05) is 55.6 Å². The second-order valence-corrected chi connectivity index (χ2v) is 8.32. The standard InChI is InChI=1S/C24H25N9O/c25-24-28-13-16-11-17(1-2-18(12-16)30-24)20-15-33-6-5-26-23(33)22(31-20)29-19-3-4-21(27-14-19)32-7-9-34-10-8-32/h1-6,11,13-15,24,28H,7-10,12,25H2,(H,29,31). The molecule has 172 valence electrons. The molecule has 6 rings (SSSR count). The molecule has 3 aromatic rings. The van der Waals surface area contributed by atoms with Crippen LogP contribution in [0.3, 0.4) is 0 Å². The quantitative estimate of drug-likeness (QED) is 0.548. The van der Waals surface area contributed by atoms with Gasteiger partial charge in [0.05, 0.1) is 30.8 Å². The smallest absolute Gasteiger partial charge is 0.180 e. The summed E-state index contributed by atoms with van der Waals surface area (Å²) in [5, 5.41) is 6.50. The van der Waals surface area contributed by atoms with Crippen molar-refractivity contribution in [3.63, 3.8) is 0 Å². The molecule has 10 heteroatoms. The molecule has 3 aromatic heterocycles. The maximum Gasteiger partial charge on any atom is 0.180 e. The highest BCUT2D eigenvalue weighted by Gasteiger charge is 2.16. The Kier molecular flexibility index (Phi) is 5.28. The van der Waals surface area contributed by atoms with Crippen molar-refractivity contribution in [1.82, 2.24) is 24.7 Å². The van der Waals surface area contributed by atoms with Gasteiger partial charge in [-0.3, -0.25) is 10.7 Å². The number of aliphatic imine (C=N–C) groups is 1. The average molecular weight is 456 g/mol. The van der Waals surface area contributed by atoms with Crippen molar-refractivity contribution in [2.75, 3.05) is 36.5 Å². The van der Waals surface area contributed by atoms with Gasteiger partial charge in [0.2, 0.25) is 0 Å². The summed E-state index contributed by atoms with van der Waals surface area (Å²) < 4.78 is 7.40. The number of fused-ring (bicyclic) bond motifs is 3. The Morgan fingerprint density at radius 3 is 2.91 bits per heavy atom. The molecule has 0 aromatic carbocycles. The van der Waals surface area contributed by atoms with E-state index in [9.17, 15) is 0 Å². The summed E-state index contributed by atoms with van der Waals surface area (Å²) in [7, 11) is 0. The molecule has 4 N–H and O–H groups in total. The number of imidazole rings is 1. The molecule has 0 amide bonds. The van der Waals surface area contributed by atoms with Crippen molar-refractivity contribution in [3.05, 3.63) is 72.6 Å². The highest BCUT2D eigenvalue weighted by atomic mass is 16.5. The van der Waals surface area contributed by atoms with E-state index in [2.05, 4.69) is 36.6 Å². The number of ether oxygens (including phenoxy) is 1. The first-order valence-electron chi connectivity index (χ1n) is 11.3. The normalized spacial score (nSPS) is 20.1. The number of anilines is 3. The monoisotopic (exact) mass is 455 g/mol. The molecule has 1 saturated heterocycles. The van der Waals surface area contributed by atoms with Gasteiger partial charge in [0.15, 0.2) is 17.8 Å². The van der Waals surface area contributed by atoms with Crippen LogP contribution in [0.4, 0.5) is 17.3 Å². The lowest BCUT2D eigenvalue weighted by atomic mass is 10.1. The molecule has 0 spiro atoms. The van der Waals surface area contributed by atoms with Crippen LogP contribution in [0.25, 0.3) is 11.2 Å². The predicted molar refractivity (Wildman–Crippen MR) is 132 cm³/mol. The van der Waals surface area contributed by atoms with Gasteiger partial charge in [-0.25, -0.2) is 15.0 Å². The third kappa shape index (κ3) is 4.16. The van der Waals surface area contributed by atoms with Crippen molar-refractivity contribution < 1.29 is 4.74 Å².